The van der Waals surface area contributed by atoms with Crippen LogP contribution in [0, 0.1) is 16.7 Å². The molecule has 0 heterocycles. The van der Waals surface area contributed by atoms with E-state index < -0.39 is 6.03 Å². The number of carbonyl (C=O) groups excluding carboxylic acids is 2. The molecule has 1 aromatic carbocycles. The van der Waals surface area contributed by atoms with Crippen LogP contribution in [0.3, 0.4) is 0 Å². The van der Waals surface area contributed by atoms with Gasteiger partial charge in [-0.25, -0.2) is 9.59 Å². The van der Waals surface area contributed by atoms with Gasteiger partial charge in [-0.15, -0.1) is 0 Å². The van der Waals surface area contributed by atoms with E-state index in [0.717, 1.165) is 18.4 Å². The lowest BCUT2D eigenvalue weighted by Gasteiger charge is -2.38. The van der Waals surface area contributed by atoms with Crippen LogP contribution in [-0.2, 0) is 11.3 Å². The summed E-state index contributed by atoms with van der Waals surface area (Å²) in [6, 6.07) is 6.52. The summed E-state index contributed by atoms with van der Waals surface area (Å²) in [6.45, 7) is 7.22. The molecule has 3 N–H and O–H groups in total. The van der Waals surface area contributed by atoms with Crippen molar-refractivity contribution in [3.05, 3.63) is 35.4 Å². The Bertz CT molecular complexity index is 653. The van der Waals surface area contributed by atoms with Gasteiger partial charge in [-0.3, -0.25) is 0 Å². The van der Waals surface area contributed by atoms with Gasteiger partial charge in [-0.2, -0.15) is 0 Å². The van der Waals surface area contributed by atoms with Gasteiger partial charge in [0.1, 0.15) is 6.10 Å². The molecule has 0 aliphatic heterocycles. The van der Waals surface area contributed by atoms with E-state index in [4.69, 9.17) is 10.5 Å². The number of carbonyl (C=O) groups is 2. The summed E-state index contributed by atoms with van der Waals surface area (Å²) < 4.78 is 5.88. The van der Waals surface area contributed by atoms with E-state index in [1.165, 1.54) is 6.42 Å². The molecule has 0 radical (unpaired) electrons. The topological polar surface area (TPSA) is 81.4 Å². The quantitative estimate of drug-likeness (QED) is 0.832. The molecule has 3 rings (SSSR count). The molecule has 24 heavy (non-hydrogen) atoms. The number of ether oxygens (including phenoxy) is 1. The molecule has 0 spiro atoms. The molecule has 3 atom stereocenters. The van der Waals surface area contributed by atoms with Crippen LogP contribution in [0.25, 0.3) is 0 Å². The minimum atomic E-state index is -0.564. The fourth-order valence-corrected chi connectivity index (χ4v) is 4.45. The van der Waals surface area contributed by atoms with Crippen LogP contribution in [0.5, 0.6) is 0 Å². The molecule has 2 amide bonds. The third-order valence-electron chi connectivity index (χ3n) is 6.62. The number of nitrogens with two attached hydrogens (primary N) is 1. The zero-order chi connectivity index (χ0) is 17.5. The molecule has 5 heteroatoms. The molecule has 0 saturated heterocycles. The summed E-state index contributed by atoms with van der Waals surface area (Å²) in [4.78, 5) is 23.2. The van der Waals surface area contributed by atoms with Crippen LogP contribution in [-0.4, -0.2) is 18.1 Å². The van der Waals surface area contributed by atoms with Gasteiger partial charge in [0, 0.05) is 12.0 Å². The van der Waals surface area contributed by atoms with E-state index in [0.29, 0.717) is 18.0 Å². The van der Waals surface area contributed by atoms with Crippen molar-refractivity contribution in [3.8, 4) is 0 Å². The maximum absolute atomic E-state index is 12.5. The fourth-order valence-electron chi connectivity index (χ4n) is 4.45. The van der Waals surface area contributed by atoms with Crippen molar-refractivity contribution in [1.29, 1.82) is 0 Å². The molecule has 2 saturated carbocycles. The summed E-state index contributed by atoms with van der Waals surface area (Å²) in [5.41, 5.74) is 6.77. The molecule has 2 fully saturated rings. The number of esters is 1. The van der Waals surface area contributed by atoms with Gasteiger partial charge in [0.05, 0.1) is 5.56 Å². The number of hydrogen-bond acceptors (Lipinski definition) is 3. The van der Waals surface area contributed by atoms with E-state index >= 15 is 0 Å². The molecular weight excluding hydrogens is 304 g/mol. The summed E-state index contributed by atoms with van der Waals surface area (Å²) in [7, 11) is 0. The molecule has 5 nitrogen and oxygen atoms in total. The Kier molecular flexibility index (Phi) is 4.06. The Labute approximate surface area is 142 Å². The first-order chi connectivity index (χ1) is 11.2. The molecule has 2 aliphatic carbocycles. The molecule has 1 aromatic rings. The lowest BCUT2D eigenvalue weighted by Crippen LogP contribution is -2.38. The average molecular weight is 330 g/mol. The van der Waals surface area contributed by atoms with Crippen LogP contribution in [0.15, 0.2) is 24.3 Å². The number of primary amides is 1. The molecular formula is C19H26N2O3. The third-order valence-corrected chi connectivity index (χ3v) is 6.62. The SMILES string of the molecule is CC1(C)C2CCC1(C)C(OC(=O)c1ccc(CNC(N)=O)cc1)C2. The average Bonchev–Trinajstić information content (AvgIpc) is 2.86. The number of benzene rings is 1. The predicted octanol–water partition coefficient (Wildman–Crippen LogP) is 3.23. The molecule has 0 aromatic heterocycles. The fraction of sp³-hybridized carbons (Fsp3) is 0.579. The van der Waals surface area contributed by atoms with Crippen molar-refractivity contribution in [2.24, 2.45) is 22.5 Å². The predicted molar refractivity (Wildman–Crippen MR) is 91.3 cm³/mol. The first-order valence-electron chi connectivity index (χ1n) is 8.57. The number of fused-ring (bicyclic) bond motifs is 2. The van der Waals surface area contributed by atoms with Crippen molar-refractivity contribution >= 4 is 12.0 Å². The van der Waals surface area contributed by atoms with Crippen molar-refractivity contribution in [2.75, 3.05) is 0 Å². The second-order valence-electron chi connectivity index (χ2n) is 7.92. The second kappa shape index (κ2) is 5.80. The van der Waals surface area contributed by atoms with Crippen LogP contribution in [0.1, 0.15) is 56.0 Å². The van der Waals surface area contributed by atoms with Crippen molar-refractivity contribution in [1.82, 2.24) is 5.32 Å². The standard InChI is InChI=1S/C19H26N2O3/c1-18(2)14-8-9-19(18,3)15(10-14)24-16(22)13-6-4-12(5-7-13)11-21-17(20)23/h4-7,14-15H,8-11H2,1-3H3,(H3,20,21,23). The first-order valence-corrected chi connectivity index (χ1v) is 8.57. The van der Waals surface area contributed by atoms with Crippen molar-refractivity contribution in [2.45, 2.75) is 52.7 Å². The zero-order valence-electron chi connectivity index (χ0n) is 14.6. The Morgan fingerprint density at radius 1 is 1.25 bits per heavy atom. The number of hydrogen-bond donors (Lipinski definition) is 2. The Morgan fingerprint density at radius 2 is 1.92 bits per heavy atom. The number of nitrogens with one attached hydrogen (secondary N) is 1. The lowest BCUT2D eigenvalue weighted by atomic mass is 9.70. The van der Waals surface area contributed by atoms with Gasteiger partial charge in [0.15, 0.2) is 0 Å². The third kappa shape index (κ3) is 2.66. The smallest absolute Gasteiger partial charge is 0.338 e. The number of amides is 2. The van der Waals surface area contributed by atoms with Crippen LogP contribution < -0.4 is 11.1 Å². The highest BCUT2D eigenvalue weighted by atomic mass is 16.5. The van der Waals surface area contributed by atoms with Crippen molar-refractivity contribution < 1.29 is 14.3 Å². The molecule has 2 bridgehead atoms. The van der Waals surface area contributed by atoms with Gasteiger partial charge in [0.25, 0.3) is 0 Å². The van der Waals surface area contributed by atoms with E-state index in [1.807, 2.05) is 0 Å². The summed E-state index contributed by atoms with van der Waals surface area (Å²) in [5, 5.41) is 2.52. The number of rotatable bonds is 4. The summed E-state index contributed by atoms with van der Waals surface area (Å²) in [6.07, 6.45) is 3.32. The molecule has 3 unspecified atom stereocenters. The number of urea groups is 1. The molecule has 2 aliphatic rings. The first kappa shape index (κ1) is 16.8. The van der Waals surface area contributed by atoms with Crippen LogP contribution in [0.4, 0.5) is 4.79 Å². The highest BCUT2D eigenvalue weighted by molar-refractivity contribution is 5.89. The van der Waals surface area contributed by atoms with Crippen molar-refractivity contribution in [3.63, 3.8) is 0 Å². The Balaban J connectivity index is 1.65. The van der Waals surface area contributed by atoms with E-state index in [1.54, 1.807) is 24.3 Å². The van der Waals surface area contributed by atoms with E-state index in [-0.39, 0.29) is 22.9 Å². The van der Waals surface area contributed by atoms with Gasteiger partial charge in [-0.05, 0) is 48.3 Å². The largest absolute Gasteiger partial charge is 0.458 e. The summed E-state index contributed by atoms with van der Waals surface area (Å²) in [5.74, 6) is 0.376. The monoisotopic (exact) mass is 330 g/mol. The normalized spacial score (nSPS) is 30.1. The highest BCUT2D eigenvalue weighted by Gasteiger charge is 2.62. The van der Waals surface area contributed by atoms with Gasteiger partial charge in [0.2, 0.25) is 0 Å². The van der Waals surface area contributed by atoms with Crippen LogP contribution >= 0.6 is 0 Å². The highest BCUT2D eigenvalue weighted by Crippen LogP contribution is 2.66. The lowest BCUT2D eigenvalue weighted by molar-refractivity contribution is -0.0242. The van der Waals surface area contributed by atoms with Gasteiger partial charge in [-0.1, -0.05) is 32.9 Å². The second-order valence-corrected chi connectivity index (χ2v) is 7.92. The maximum Gasteiger partial charge on any atom is 0.338 e. The van der Waals surface area contributed by atoms with E-state index in [2.05, 4.69) is 26.1 Å². The minimum absolute atomic E-state index is 0.00467. The van der Waals surface area contributed by atoms with Gasteiger partial charge >= 0.3 is 12.0 Å². The van der Waals surface area contributed by atoms with E-state index in [9.17, 15) is 9.59 Å². The van der Waals surface area contributed by atoms with Crippen LogP contribution in [0.2, 0.25) is 0 Å². The minimum Gasteiger partial charge on any atom is -0.458 e. The molecule has 130 valence electrons. The maximum atomic E-state index is 12.5. The Morgan fingerprint density at radius 3 is 2.42 bits per heavy atom. The zero-order valence-corrected chi connectivity index (χ0v) is 14.6. The van der Waals surface area contributed by atoms with Gasteiger partial charge < -0.3 is 15.8 Å². The summed E-state index contributed by atoms with van der Waals surface area (Å²) >= 11 is 0. The Hall–Kier alpha value is -2.04.